The second-order valence-electron chi connectivity index (χ2n) is 4.52. The molecule has 1 aliphatic carbocycles. The zero-order chi connectivity index (χ0) is 10.8. The van der Waals surface area contributed by atoms with Crippen LogP contribution < -0.4 is 11.1 Å². The van der Waals surface area contributed by atoms with Gasteiger partial charge in [-0.25, -0.2) is 0 Å². The van der Waals surface area contributed by atoms with Crippen molar-refractivity contribution in [3.05, 3.63) is 0 Å². The highest BCUT2D eigenvalue weighted by Gasteiger charge is 2.30. The number of nitrogens with two attached hydrogens (primary N) is 1. The molecule has 1 fully saturated rings. The van der Waals surface area contributed by atoms with E-state index in [2.05, 4.69) is 5.32 Å². The van der Waals surface area contributed by atoms with Crippen LogP contribution in [0.2, 0.25) is 0 Å². The van der Waals surface area contributed by atoms with Crippen molar-refractivity contribution in [2.75, 3.05) is 13.7 Å². The van der Waals surface area contributed by atoms with Crippen LogP contribution >= 0.6 is 0 Å². The summed E-state index contributed by atoms with van der Waals surface area (Å²) in [5, 5.41) is 2.88. The minimum atomic E-state index is -0.730. The molecule has 0 unspecified atom stereocenters. The smallest absolute Gasteiger partial charge is 0.251 e. The van der Waals surface area contributed by atoms with Gasteiger partial charge in [0.2, 0.25) is 0 Å². The quantitative estimate of drug-likeness (QED) is 0.684. The highest BCUT2D eigenvalue weighted by atomic mass is 16.5. The Morgan fingerprint density at radius 3 is 2.57 bits per heavy atom. The highest BCUT2D eigenvalue weighted by Crippen LogP contribution is 2.24. The lowest BCUT2D eigenvalue weighted by Crippen LogP contribution is -2.48. The predicted octanol–water partition coefficient (Wildman–Crippen LogP) is 0.265. The lowest BCUT2D eigenvalue weighted by molar-refractivity contribution is -0.139. The van der Waals surface area contributed by atoms with Crippen molar-refractivity contribution < 1.29 is 9.53 Å². The largest absolute Gasteiger partial charge is 0.369 e. The zero-order valence-corrected chi connectivity index (χ0v) is 9.17. The number of amides is 1. The van der Waals surface area contributed by atoms with Gasteiger partial charge in [0, 0.05) is 19.7 Å². The third kappa shape index (κ3) is 2.69. The molecule has 82 valence electrons. The predicted molar refractivity (Wildman–Crippen MR) is 54.8 cm³/mol. The Morgan fingerprint density at radius 1 is 1.57 bits per heavy atom. The number of rotatable bonds is 4. The maximum Gasteiger partial charge on any atom is 0.251 e. The maximum atomic E-state index is 11.6. The zero-order valence-electron chi connectivity index (χ0n) is 9.17. The Labute approximate surface area is 85.2 Å². The van der Waals surface area contributed by atoms with Gasteiger partial charge in [0.1, 0.15) is 5.60 Å². The second-order valence-corrected chi connectivity index (χ2v) is 4.52. The molecular formula is C10H20N2O2. The van der Waals surface area contributed by atoms with Crippen molar-refractivity contribution in [1.29, 1.82) is 0 Å². The van der Waals surface area contributed by atoms with E-state index in [0.717, 1.165) is 19.4 Å². The van der Waals surface area contributed by atoms with Gasteiger partial charge in [0.05, 0.1) is 0 Å². The number of hydrogen-bond acceptors (Lipinski definition) is 3. The van der Waals surface area contributed by atoms with Crippen molar-refractivity contribution in [3.8, 4) is 0 Å². The van der Waals surface area contributed by atoms with Crippen molar-refractivity contribution in [2.45, 2.75) is 38.3 Å². The van der Waals surface area contributed by atoms with Crippen LogP contribution in [0.1, 0.15) is 26.7 Å². The molecule has 4 heteroatoms. The molecule has 0 saturated heterocycles. The standard InChI is InChI=1S/C10H20N2O2/c1-10(2,14-3)9(13)12-6-7-4-8(11)5-7/h7-8H,4-6,11H2,1-3H3,(H,12,13). The van der Waals surface area contributed by atoms with Gasteiger partial charge in [-0.1, -0.05) is 0 Å². The van der Waals surface area contributed by atoms with Gasteiger partial charge in [0.25, 0.3) is 5.91 Å². The first-order valence-electron chi connectivity index (χ1n) is 5.04. The van der Waals surface area contributed by atoms with E-state index in [1.165, 1.54) is 0 Å². The molecule has 1 rings (SSSR count). The van der Waals surface area contributed by atoms with Gasteiger partial charge in [0.15, 0.2) is 0 Å². The van der Waals surface area contributed by atoms with Gasteiger partial charge >= 0.3 is 0 Å². The lowest BCUT2D eigenvalue weighted by atomic mass is 9.81. The van der Waals surface area contributed by atoms with Crippen LogP contribution in [0.4, 0.5) is 0 Å². The molecule has 0 spiro atoms. The highest BCUT2D eigenvalue weighted by molar-refractivity contribution is 5.84. The minimum Gasteiger partial charge on any atom is -0.369 e. The summed E-state index contributed by atoms with van der Waals surface area (Å²) < 4.78 is 5.07. The van der Waals surface area contributed by atoms with Gasteiger partial charge < -0.3 is 15.8 Å². The van der Waals surface area contributed by atoms with E-state index in [0.29, 0.717) is 12.0 Å². The van der Waals surface area contributed by atoms with Gasteiger partial charge in [-0.15, -0.1) is 0 Å². The first-order valence-corrected chi connectivity index (χ1v) is 5.04. The molecule has 4 nitrogen and oxygen atoms in total. The number of methoxy groups -OCH3 is 1. The minimum absolute atomic E-state index is 0.0551. The summed E-state index contributed by atoms with van der Waals surface area (Å²) in [6.45, 7) is 4.24. The summed E-state index contributed by atoms with van der Waals surface area (Å²) in [6.07, 6.45) is 2.04. The average Bonchev–Trinajstić information content (AvgIpc) is 2.10. The second kappa shape index (κ2) is 4.28. The molecule has 1 aliphatic rings. The van der Waals surface area contributed by atoms with E-state index in [1.54, 1.807) is 21.0 Å². The van der Waals surface area contributed by atoms with Gasteiger partial charge in [-0.2, -0.15) is 0 Å². The number of ether oxygens (including phenoxy) is 1. The summed E-state index contributed by atoms with van der Waals surface area (Å²) in [4.78, 5) is 11.6. The van der Waals surface area contributed by atoms with E-state index in [4.69, 9.17) is 10.5 Å². The fourth-order valence-corrected chi connectivity index (χ4v) is 1.50. The normalized spacial score (nSPS) is 26.9. The van der Waals surface area contributed by atoms with Gasteiger partial charge in [-0.3, -0.25) is 4.79 Å². The molecule has 0 aliphatic heterocycles. The van der Waals surface area contributed by atoms with Crippen LogP contribution in [-0.4, -0.2) is 31.2 Å². The Morgan fingerprint density at radius 2 is 2.14 bits per heavy atom. The summed E-state index contributed by atoms with van der Waals surface area (Å²) in [5.74, 6) is 0.502. The molecule has 0 aromatic heterocycles. The van der Waals surface area contributed by atoms with E-state index in [1.807, 2.05) is 0 Å². The molecule has 1 saturated carbocycles. The Balaban J connectivity index is 2.21. The first-order chi connectivity index (χ1) is 6.45. The maximum absolute atomic E-state index is 11.6. The van der Waals surface area contributed by atoms with Crippen LogP contribution in [0.3, 0.4) is 0 Å². The molecule has 0 radical (unpaired) electrons. The molecule has 0 heterocycles. The van der Waals surface area contributed by atoms with Crippen molar-refractivity contribution in [2.24, 2.45) is 11.7 Å². The van der Waals surface area contributed by atoms with Crippen LogP contribution in [0.15, 0.2) is 0 Å². The summed E-state index contributed by atoms with van der Waals surface area (Å²) in [6, 6.07) is 0.340. The van der Waals surface area contributed by atoms with Gasteiger partial charge in [-0.05, 0) is 32.6 Å². The molecular weight excluding hydrogens is 180 g/mol. The van der Waals surface area contributed by atoms with E-state index in [-0.39, 0.29) is 5.91 Å². The van der Waals surface area contributed by atoms with Crippen LogP contribution in [-0.2, 0) is 9.53 Å². The number of hydrogen-bond donors (Lipinski definition) is 2. The molecule has 0 bridgehead atoms. The molecule has 0 atom stereocenters. The molecule has 0 aromatic rings. The van der Waals surface area contributed by atoms with Crippen molar-refractivity contribution in [1.82, 2.24) is 5.32 Å². The lowest BCUT2D eigenvalue weighted by Gasteiger charge is -2.33. The SMILES string of the molecule is COC(C)(C)C(=O)NCC1CC(N)C1. The number of carbonyl (C=O) groups is 1. The fourth-order valence-electron chi connectivity index (χ4n) is 1.50. The summed E-state index contributed by atoms with van der Waals surface area (Å²) in [7, 11) is 1.54. The Hall–Kier alpha value is -0.610. The van der Waals surface area contributed by atoms with E-state index >= 15 is 0 Å². The van der Waals surface area contributed by atoms with E-state index < -0.39 is 5.60 Å². The molecule has 14 heavy (non-hydrogen) atoms. The van der Waals surface area contributed by atoms with Crippen LogP contribution in [0, 0.1) is 5.92 Å². The monoisotopic (exact) mass is 200 g/mol. The van der Waals surface area contributed by atoms with E-state index in [9.17, 15) is 4.79 Å². The summed E-state index contributed by atoms with van der Waals surface area (Å²) in [5.41, 5.74) is 4.92. The van der Waals surface area contributed by atoms with Crippen molar-refractivity contribution in [3.63, 3.8) is 0 Å². The molecule has 1 amide bonds. The topological polar surface area (TPSA) is 64.3 Å². The Kier molecular flexibility index (Phi) is 3.50. The molecule has 0 aromatic carbocycles. The first kappa shape index (κ1) is 11.5. The van der Waals surface area contributed by atoms with Crippen molar-refractivity contribution >= 4 is 5.91 Å². The molecule has 3 N–H and O–H groups in total. The average molecular weight is 200 g/mol. The Bertz CT molecular complexity index is 210. The summed E-state index contributed by atoms with van der Waals surface area (Å²) >= 11 is 0. The number of carbonyl (C=O) groups excluding carboxylic acids is 1. The fraction of sp³-hybridized carbons (Fsp3) is 0.900. The van der Waals surface area contributed by atoms with Crippen LogP contribution in [0.5, 0.6) is 0 Å². The third-order valence-electron chi connectivity index (χ3n) is 2.88. The number of nitrogens with one attached hydrogen (secondary N) is 1. The third-order valence-corrected chi connectivity index (χ3v) is 2.88. The van der Waals surface area contributed by atoms with Crippen LogP contribution in [0.25, 0.3) is 0 Å².